The van der Waals surface area contributed by atoms with Crippen LogP contribution in [0.3, 0.4) is 0 Å². The average molecular weight is 310 g/mol. The van der Waals surface area contributed by atoms with E-state index in [1.165, 1.54) is 12.5 Å². The Morgan fingerprint density at radius 3 is 2.56 bits per heavy atom. The molecule has 1 aromatic rings. The van der Waals surface area contributed by atoms with Crippen molar-refractivity contribution in [3.05, 3.63) is 28.5 Å². The maximum atomic E-state index is 14.2. The minimum Gasteiger partial charge on any atom is -0.299 e. The van der Waals surface area contributed by atoms with Gasteiger partial charge in [-0.1, -0.05) is 18.0 Å². The minimum atomic E-state index is -1.85. The van der Waals surface area contributed by atoms with Crippen molar-refractivity contribution >= 4 is 32.3 Å². The molecule has 1 aromatic carbocycles. The van der Waals surface area contributed by atoms with Crippen molar-refractivity contribution in [2.75, 3.05) is 13.1 Å². The van der Waals surface area contributed by atoms with E-state index in [2.05, 4.69) is 4.90 Å². The van der Waals surface area contributed by atoms with Crippen LogP contribution >= 0.6 is 22.3 Å². The highest BCUT2D eigenvalue weighted by Crippen LogP contribution is 2.27. The van der Waals surface area contributed by atoms with Gasteiger partial charge < -0.3 is 0 Å². The molecule has 1 saturated heterocycles. The molecule has 0 N–H and O–H groups in total. The van der Waals surface area contributed by atoms with E-state index in [4.69, 9.17) is 22.3 Å². The Labute approximate surface area is 118 Å². The second-order valence-electron chi connectivity index (χ2n) is 4.40. The summed E-state index contributed by atoms with van der Waals surface area (Å²) in [5, 5.41) is 0.365. The number of nitrogens with zero attached hydrogens (tertiary/aromatic N) is 1. The quantitative estimate of drug-likeness (QED) is 0.793. The molecule has 0 amide bonds. The van der Waals surface area contributed by atoms with Crippen molar-refractivity contribution in [2.45, 2.75) is 30.7 Å². The maximum absolute atomic E-state index is 14.2. The second kappa shape index (κ2) is 6.33. The standard InChI is InChI=1S/C12H14Cl2FNOS/c13-10-4-5-11(18(14)17)12(15)9(10)8-16-6-2-1-3-7-16/h4-5H,1-3,6-8H2. The SMILES string of the molecule is O=S(Cl)c1ccc(Cl)c(CN2CCCCC2)c1F. The first-order valence-corrected chi connectivity index (χ1v) is 8.22. The Hall–Kier alpha value is -0.160. The molecule has 1 atom stereocenters. The summed E-state index contributed by atoms with van der Waals surface area (Å²) in [6, 6.07) is 2.93. The van der Waals surface area contributed by atoms with E-state index in [0.29, 0.717) is 17.1 Å². The minimum absolute atomic E-state index is 0.00748. The number of hydrogen-bond acceptors (Lipinski definition) is 2. The lowest BCUT2D eigenvalue weighted by molar-refractivity contribution is 0.218. The molecule has 1 aliphatic rings. The van der Waals surface area contributed by atoms with Crippen LogP contribution in [0.1, 0.15) is 24.8 Å². The van der Waals surface area contributed by atoms with E-state index in [1.807, 2.05) is 0 Å². The van der Waals surface area contributed by atoms with Crippen LogP contribution in [0.2, 0.25) is 5.02 Å². The Morgan fingerprint density at radius 1 is 1.28 bits per heavy atom. The second-order valence-corrected chi connectivity index (χ2v) is 6.53. The van der Waals surface area contributed by atoms with Gasteiger partial charge in [0.2, 0.25) is 0 Å². The van der Waals surface area contributed by atoms with Gasteiger partial charge in [-0.3, -0.25) is 4.90 Å². The van der Waals surface area contributed by atoms with Gasteiger partial charge in [-0.05, 0) is 48.7 Å². The molecule has 0 spiro atoms. The fraction of sp³-hybridized carbons (Fsp3) is 0.500. The molecular weight excluding hydrogens is 296 g/mol. The molecule has 100 valence electrons. The summed E-state index contributed by atoms with van der Waals surface area (Å²) in [5.41, 5.74) is 0.394. The third-order valence-corrected chi connectivity index (χ3v) is 4.67. The summed E-state index contributed by atoms with van der Waals surface area (Å²) < 4.78 is 25.4. The van der Waals surface area contributed by atoms with E-state index < -0.39 is 15.8 Å². The lowest BCUT2D eigenvalue weighted by Crippen LogP contribution is -2.29. The normalized spacial score (nSPS) is 18.8. The maximum Gasteiger partial charge on any atom is 0.150 e. The molecule has 2 nitrogen and oxygen atoms in total. The van der Waals surface area contributed by atoms with Gasteiger partial charge in [0.15, 0.2) is 10.0 Å². The summed E-state index contributed by atoms with van der Waals surface area (Å²) in [5.74, 6) is -0.540. The fourth-order valence-corrected chi connectivity index (χ4v) is 3.19. The molecule has 6 heteroatoms. The number of benzene rings is 1. The Kier molecular flexibility index (Phi) is 5.01. The summed E-state index contributed by atoms with van der Waals surface area (Å²) in [7, 11) is 3.61. The van der Waals surface area contributed by atoms with Crippen molar-refractivity contribution < 1.29 is 8.60 Å². The van der Waals surface area contributed by atoms with E-state index in [-0.39, 0.29) is 4.90 Å². The first kappa shape index (κ1) is 14.3. The van der Waals surface area contributed by atoms with Crippen LogP contribution in [0, 0.1) is 5.82 Å². The third kappa shape index (κ3) is 3.23. The zero-order chi connectivity index (χ0) is 13.1. The molecule has 0 saturated carbocycles. The highest BCUT2D eigenvalue weighted by Gasteiger charge is 2.19. The molecule has 1 fully saturated rings. The van der Waals surface area contributed by atoms with Gasteiger partial charge in [-0.2, -0.15) is 0 Å². The van der Waals surface area contributed by atoms with Gasteiger partial charge in [-0.15, -0.1) is 0 Å². The van der Waals surface area contributed by atoms with Gasteiger partial charge in [0.05, 0.1) is 4.90 Å². The van der Waals surface area contributed by atoms with Crippen molar-refractivity contribution in [1.29, 1.82) is 0 Å². The number of piperidine rings is 1. The third-order valence-electron chi connectivity index (χ3n) is 3.15. The monoisotopic (exact) mass is 309 g/mol. The van der Waals surface area contributed by atoms with Crippen LogP contribution < -0.4 is 0 Å². The molecule has 0 aromatic heterocycles. The largest absolute Gasteiger partial charge is 0.299 e. The first-order valence-electron chi connectivity index (χ1n) is 5.87. The Balaban J connectivity index is 2.25. The van der Waals surface area contributed by atoms with Gasteiger partial charge in [0.25, 0.3) is 0 Å². The molecule has 0 bridgehead atoms. The van der Waals surface area contributed by atoms with Crippen LogP contribution in [-0.2, 0) is 16.6 Å². The van der Waals surface area contributed by atoms with Gasteiger partial charge in [0, 0.05) is 17.1 Å². The van der Waals surface area contributed by atoms with E-state index in [9.17, 15) is 8.60 Å². The first-order chi connectivity index (χ1) is 8.59. The summed E-state index contributed by atoms with van der Waals surface area (Å²) in [4.78, 5) is 2.17. The van der Waals surface area contributed by atoms with Crippen molar-refractivity contribution in [3.63, 3.8) is 0 Å². The average Bonchev–Trinajstić information content (AvgIpc) is 2.35. The molecule has 2 rings (SSSR count). The zero-order valence-electron chi connectivity index (χ0n) is 9.79. The van der Waals surface area contributed by atoms with E-state index in [1.54, 1.807) is 6.07 Å². The van der Waals surface area contributed by atoms with Crippen LogP contribution in [0.15, 0.2) is 17.0 Å². The molecule has 1 heterocycles. The molecular formula is C12H14Cl2FNOS. The number of rotatable bonds is 3. The van der Waals surface area contributed by atoms with E-state index in [0.717, 1.165) is 25.9 Å². The predicted molar refractivity (Wildman–Crippen MR) is 72.8 cm³/mol. The summed E-state index contributed by atoms with van der Waals surface area (Å²) in [6.45, 7) is 2.35. The predicted octanol–water partition coefficient (Wildman–Crippen LogP) is 3.73. The lowest BCUT2D eigenvalue weighted by Gasteiger charge is -2.27. The van der Waals surface area contributed by atoms with Crippen LogP contribution in [0.4, 0.5) is 4.39 Å². The van der Waals surface area contributed by atoms with Crippen molar-refractivity contribution in [2.24, 2.45) is 0 Å². The Morgan fingerprint density at radius 2 is 1.94 bits per heavy atom. The van der Waals surface area contributed by atoms with E-state index >= 15 is 0 Å². The topological polar surface area (TPSA) is 20.3 Å². The van der Waals surface area contributed by atoms with Crippen molar-refractivity contribution in [1.82, 2.24) is 4.90 Å². The lowest BCUT2D eigenvalue weighted by atomic mass is 10.1. The van der Waals surface area contributed by atoms with Crippen LogP contribution in [0.25, 0.3) is 0 Å². The molecule has 18 heavy (non-hydrogen) atoms. The highest BCUT2D eigenvalue weighted by atomic mass is 35.7. The van der Waals surface area contributed by atoms with Crippen LogP contribution in [0.5, 0.6) is 0 Å². The fourth-order valence-electron chi connectivity index (χ4n) is 2.19. The molecule has 0 radical (unpaired) electrons. The molecule has 1 aliphatic heterocycles. The Bertz CT molecular complexity index is 464. The number of halogens is 3. The zero-order valence-corrected chi connectivity index (χ0v) is 12.1. The van der Waals surface area contributed by atoms with Gasteiger partial charge in [0.1, 0.15) is 5.82 Å². The smallest absolute Gasteiger partial charge is 0.150 e. The van der Waals surface area contributed by atoms with Gasteiger partial charge in [-0.25, -0.2) is 8.60 Å². The molecule has 0 aliphatic carbocycles. The van der Waals surface area contributed by atoms with Crippen molar-refractivity contribution in [3.8, 4) is 0 Å². The number of likely N-dealkylation sites (tertiary alicyclic amines) is 1. The number of hydrogen-bond donors (Lipinski definition) is 0. The van der Waals surface area contributed by atoms with Gasteiger partial charge >= 0.3 is 0 Å². The molecule has 1 unspecified atom stereocenters. The summed E-state index contributed by atoms with van der Waals surface area (Å²) in [6.07, 6.45) is 3.47. The summed E-state index contributed by atoms with van der Waals surface area (Å²) >= 11 is 6.02. The highest BCUT2D eigenvalue weighted by molar-refractivity contribution is 8.08. The van der Waals surface area contributed by atoms with Crippen LogP contribution in [-0.4, -0.2) is 22.2 Å².